The Hall–Kier alpha value is -2.10. The number of rotatable bonds is 4. The molecule has 0 radical (unpaired) electrons. The third-order valence-electron chi connectivity index (χ3n) is 1.78. The predicted molar refractivity (Wildman–Crippen MR) is 57.4 cm³/mol. The molecule has 0 N–H and O–H groups in total. The van der Waals surface area contributed by atoms with Crippen LogP contribution < -0.4 is 0 Å². The van der Waals surface area contributed by atoms with Crippen molar-refractivity contribution in [1.29, 1.82) is 0 Å². The van der Waals surface area contributed by atoms with Gasteiger partial charge in [0.15, 0.2) is 0 Å². The highest BCUT2D eigenvalue weighted by Crippen LogP contribution is 2.00. The molecule has 0 bridgehead atoms. The molecule has 16 heavy (non-hydrogen) atoms. The summed E-state index contributed by atoms with van der Waals surface area (Å²) in [7, 11) is 1.24. The van der Waals surface area contributed by atoms with Crippen LogP contribution in [-0.2, 0) is 25.7 Å². The molecular formula is C12H12O4. The number of ether oxygens (including phenoxy) is 2. The Morgan fingerprint density at radius 2 is 1.75 bits per heavy atom. The first-order valence-corrected chi connectivity index (χ1v) is 4.69. The van der Waals surface area contributed by atoms with Gasteiger partial charge in [0, 0.05) is 12.2 Å². The predicted octanol–water partition coefficient (Wildman–Crippen LogP) is 1.46. The first-order valence-electron chi connectivity index (χ1n) is 4.69. The molecule has 0 amide bonds. The van der Waals surface area contributed by atoms with Gasteiger partial charge >= 0.3 is 11.9 Å². The second-order valence-electron chi connectivity index (χ2n) is 2.95. The number of esters is 2. The molecule has 0 atom stereocenters. The Bertz CT molecular complexity index is 381. The maximum atomic E-state index is 11.1. The van der Waals surface area contributed by atoms with Gasteiger partial charge in [0.2, 0.25) is 0 Å². The molecule has 4 nitrogen and oxygen atoms in total. The van der Waals surface area contributed by atoms with E-state index in [1.165, 1.54) is 7.11 Å². The van der Waals surface area contributed by atoms with E-state index in [1.54, 1.807) is 0 Å². The molecule has 1 rings (SSSR count). The summed E-state index contributed by atoms with van der Waals surface area (Å²) in [5.74, 6) is -1.16. The van der Waals surface area contributed by atoms with Crippen molar-refractivity contribution >= 4 is 11.9 Å². The summed E-state index contributed by atoms with van der Waals surface area (Å²) in [5, 5.41) is 0. The third kappa shape index (κ3) is 4.41. The Labute approximate surface area is 93.5 Å². The number of carbonyl (C=O) groups excluding carboxylic acids is 2. The van der Waals surface area contributed by atoms with Crippen molar-refractivity contribution in [3.8, 4) is 0 Å². The standard InChI is InChI=1S/C12H12O4/c1-15-11(13)7-8-12(14)16-9-10-5-3-2-4-6-10/h2-8H,9H2,1H3. The molecule has 0 aliphatic carbocycles. The van der Waals surface area contributed by atoms with Crippen LogP contribution in [0.2, 0.25) is 0 Å². The largest absolute Gasteiger partial charge is 0.466 e. The van der Waals surface area contributed by atoms with Gasteiger partial charge in [0.1, 0.15) is 6.61 Å². The van der Waals surface area contributed by atoms with Gasteiger partial charge in [0.25, 0.3) is 0 Å². The molecule has 0 saturated carbocycles. The average molecular weight is 220 g/mol. The first kappa shape index (κ1) is 12.0. The zero-order valence-electron chi connectivity index (χ0n) is 8.88. The SMILES string of the molecule is COC(=O)C=CC(=O)OCc1ccccc1. The molecule has 0 aliphatic rings. The van der Waals surface area contributed by atoms with E-state index in [0.29, 0.717) is 0 Å². The maximum absolute atomic E-state index is 11.1. The van der Waals surface area contributed by atoms with Gasteiger partial charge < -0.3 is 9.47 Å². The fourth-order valence-corrected chi connectivity index (χ4v) is 0.981. The van der Waals surface area contributed by atoms with E-state index in [0.717, 1.165) is 17.7 Å². The normalized spacial score (nSPS) is 10.1. The van der Waals surface area contributed by atoms with Crippen LogP contribution in [0.4, 0.5) is 0 Å². The minimum absolute atomic E-state index is 0.186. The van der Waals surface area contributed by atoms with Crippen molar-refractivity contribution in [2.45, 2.75) is 6.61 Å². The van der Waals surface area contributed by atoms with Crippen LogP contribution in [0, 0.1) is 0 Å². The van der Waals surface area contributed by atoms with Gasteiger partial charge in [-0.3, -0.25) is 0 Å². The third-order valence-corrected chi connectivity index (χ3v) is 1.78. The van der Waals surface area contributed by atoms with E-state index < -0.39 is 11.9 Å². The van der Waals surface area contributed by atoms with Gasteiger partial charge in [-0.2, -0.15) is 0 Å². The molecule has 0 saturated heterocycles. The molecular weight excluding hydrogens is 208 g/mol. The second kappa shape index (κ2) is 6.40. The Balaban J connectivity index is 2.36. The molecule has 0 fully saturated rings. The van der Waals surface area contributed by atoms with E-state index in [-0.39, 0.29) is 6.61 Å². The van der Waals surface area contributed by atoms with E-state index in [9.17, 15) is 9.59 Å². The summed E-state index contributed by atoms with van der Waals surface area (Å²) in [6.07, 6.45) is 2.06. The van der Waals surface area contributed by atoms with Gasteiger partial charge in [0.05, 0.1) is 7.11 Å². The number of methoxy groups -OCH3 is 1. The van der Waals surface area contributed by atoms with Crippen molar-refractivity contribution in [1.82, 2.24) is 0 Å². The van der Waals surface area contributed by atoms with Crippen molar-refractivity contribution in [3.05, 3.63) is 48.0 Å². The fourth-order valence-electron chi connectivity index (χ4n) is 0.981. The van der Waals surface area contributed by atoms with Crippen molar-refractivity contribution in [2.75, 3.05) is 7.11 Å². The number of hydrogen-bond acceptors (Lipinski definition) is 4. The second-order valence-corrected chi connectivity index (χ2v) is 2.95. The van der Waals surface area contributed by atoms with Crippen LogP contribution in [0.5, 0.6) is 0 Å². The summed E-state index contributed by atoms with van der Waals surface area (Å²) in [4.78, 5) is 21.8. The molecule has 0 unspecified atom stereocenters. The highest BCUT2D eigenvalue weighted by atomic mass is 16.5. The van der Waals surface area contributed by atoms with Crippen LogP contribution in [0.15, 0.2) is 42.5 Å². The van der Waals surface area contributed by atoms with Crippen molar-refractivity contribution in [2.24, 2.45) is 0 Å². The van der Waals surface area contributed by atoms with E-state index in [4.69, 9.17) is 4.74 Å². The molecule has 0 aliphatic heterocycles. The average Bonchev–Trinajstić information content (AvgIpc) is 2.34. The smallest absolute Gasteiger partial charge is 0.331 e. The van der Waals surface area contributed by atoms with Gasteiger partial charge in [-0.1, -0.05) is 30.3 Å². The Kier molecular flexibility index (Phi) is 4.79. The van der Waals surface area contributed by atoms with Gasteiger partial charge in [-0.25, -0.2) is 9.59 Å². The molecule has 0 spiro atoms. The highest BCUT2D eigenvalue weighted by molar-refractivity contribution is 5.91. The van der Waals surface area contributed by atoms with Crippen LogP contribution in [0.25, 0.3) is 0 Å². The molecule has 4 heteroatoms. The van der Waals surface area contributed by atoms with Crippen molar-refractivity contribution in [3.63, 3.8) is 0 Å². The molecule has 0 aromatic heterocycles. The fraction of sp³-hybridized carbons (Fsp3) is 0.167. The van der Waals surface area contributed by atoms with Gasteiger partial charge in [-0.05, 0) is 5.56 Å². The lowest BCUT2D eigenvalue weighted by Gasteiger charge is -2.01. The van der Waals surface area contributed by atoms with E-state index in [2.05, 4.69) is 4.74 Å². The number of carbonyl (C=O) groups is 2. The monoisotopic (exact) mass is 220 g/mol. The lowest BCUT2D eigenvalue weighted by molar-refractivity contribution is -0.140. The van der Waals surface area contributed by atoms with Gasteiger partial charge in [-0.15, -0.1) is 0 Å². The first-order chi connectivity index (χ1) is 7.72. The topological polar surface area (TPSA) is 52.6 Å². The number of benzene rings is 1. The maximum Gasteiger partial charge on any atom is 0.331 e. The van der Waals surface area contributed by atoms with Crippen LogP contribution >= 0.6 is 0 Å². The van der Waals surface area contributed by atoms with Crippen LogP contribution in [-0.4, -0.2) is 19.0 Å². The molecule has 1 aromatic rings. The Morgan fingerprint density at radius 3 is 2.38 bits per heavy atom. The quantitative estimate of drug-likeness (QED) is 0.569. The number of hydrogen-bond donors (Lipinski definition) is 0. The molecule has 84 valence electrons. The van der Waals surface area contributed by atoms with Crippen molar-refractivity contribution < 1.29 is 19.1 Å². The zero-order chi connectivity index (χ0) is 11.8. The molecule has 0 heterocycles. The zero-order valence-corrected chi connectivity index (χ0v) is 8.88. The lowest BCUT2D eigenvalue weighted by atomic mass is 10.2. The summed E-state index contributed by atoms with van der Waals surface area (Å²) < 4.78 is 9.22. The summed E-state index contributed by atoms with van der Waals surface area (Å²) >= 11 is 0. The minimum Gasteiger partial charge on any atom is -0.466 e. The van der Waals surface area contributed by atoms with Crippen LogP contribution in [0.1, 0.15) is 5.56 Å². The lowest BCUT2D eigenvalue weighted by Crippen LogP contribution is -2.02. The Morgan fingerprint density at radius 1 is 1.12 bits per heavy atom. The van der Waals surface area contributed by atoms with Crippen LogP contribution in [0.3, 0.4) is 0 Å². The minimum atomic E-state index is -0.586. The summed E-state index contributed by atoms with van der Waals surface area (Å²) in [6, 6.07) is 9.28. The van der Waals surface area contributed by atoms with E-state index >= 15 is 0 Å². The van der Waals surface area contributed by atoms with E-state index in [1.807, 2.05) is 30.3 Å². The summed E-state index contributed by atoms with van der Waals surface area (Å²) in [5.41, 5.74) is 0.891. The highest BCUT2D eigenvalue weighted by Gasteiger charge is 1.99. The molecule has 1 aromatic carbocycles. The summed E-state index contributed by atoms with van der Waals surface area (Å²) in [6.45, 7) is 0.186.